The van der Waals surface area contributed by atoms with Gasteiger partial charge in [0.15, 0.2) is 0 Å². The molecule has 2 N–H and O–H groups in total. The highest BCUT2D eigenvalue weighted by atomic mass is 16.3. The molecule has 19 heavy (non-hydrogen) atoms. The van der Waals surface area contributed by atoms with Crippen LogP contribution < -0.4 is 5.32 Å². The molecule has 2 aromatic carbocycles. The Hall–Kier alpha value is -2.13. The monoisotopic (exact) mass is 255 g/mol. The first-order valence-corrected chi connectivity index (χ1v) is 6.24. The summed E-state index contributed by atoms with van der Waals surface area (Å²) in [4.78, 5) is 11.1. The number of nitrogens with one attached hydrogen (secondary N) is 1. The predicted molar refractivity (Wildman–Crippen MR) is 75.5 cm³/mol. The number of carbonyl (C=O) groups excluding carboxylic acids is 1. The normalized spacial score (nSPS) is 11.9. The molecule has 2 rings (SSSR count). The average Bonchev–Trinajstić information content (AvgIpc) is 2.46. The molecule has 0 fully saturated rings. The number of amides is 1. The van der Waals surface area contributed by atoms with Crippen LogP contribution in [0.25, 0.3) is 11.1 Å². The van der Waals surface area contributed by atoms with Crippen LogP contribution in [0.3, 0.4) is 0 Å². The fourth-order valence-electron chi connectivity index (χ4n) is 2.02. The number of benzene rings is 2. The number of carbonyl (C=O) groups is 1. The highest BCUT2D eigenvalue weighted by Crippen LogP contribution is 2.21. The van der Waals surface area contributed by atoms with Gasteiger partial charge in [-0.2, -0.15) is 0 Å². The average molecular weight is 255 g/mol. The highest BCUT2D eigenvalue weighted by Gasteiger charge is 2.11. The molecule has 0 bridgehead atoms. The van der Waals surface area contributed by atoms with Crippen LogP contribution in [0.2, 0.25) is 0 Å². The minimum absolute atomic E-state index is 0.107. The van der Waals surface area contributed by atoms with Gasteiger partial charge in [-0.15, -0.1) is 0 Å². The number of rotatable bonds is 4. The maximum Gasteiger partial charge on any atom is 0.217 e. The van der Waals surface area contributed by atoms with Crippen LogP contribution in [0, 0.1) is 0 Å². The molecule has 0 radical (unpaired) electrons. The molecular weight excluding hydrogens is 238 g/mol. The highest BCUT2D eigenvalue weighted by molar-refractivity contribution is 5.73. The zero-order chi connectivity index (χ0) is 13.7. The topological polar surface area (TPSA) is 49.3 Å². The van der Waals surface area contributed by atoms with Gasteiger partial charge in [-0.05, 0) is 16.7 Å². The number of aliphatic hydroxyl groups is 1. The second-order valence-corrected chi connectivity index (χ2v) is 4.42. The summed E-state index contributed by atoms with van der Waals surface area (Å²) in [6.07, 6.45) is 0. The van der Waals surface area contributed by atoms with E-state index < -0.39 is 0 Å². The van der Waals surface area contributed by atoms with Gasteiger partial charge in [-0.1, -0.05) is 54.6 Å². The molecule has 0 saturated carbocycles. The summed E-state index contributed by atoms with van der Waals surface area (Å²) in [5, 5.41) is 12.0. The van der Waals surface area contributed by atoms with Gasteiger partial charge in [0, 0.05) is 6.92 Å². The fourth-order valence-corrected chi connectivity index (χ4v) is 2.02. The first-order chi connectivity index (χ1) is 9.20. The molecular formula is C16H17NO2. The van der Waals surface area contributed by atoms with E-state index >= 15 is 0 Å². The summed E-state index contributed by atoms with van der Waals surface area (Å²) >= 11 is 0. The molecule has 1 unspecified atom stereocenters. The minimum Gasteiger partial charge on any atom is -0.394 e. The lowest BCUT2D eigenvalue weighted by Gasteiger charge is -2.16. The molecule has 0 aliphatic rings. The third kappa shape index (κ3) is 3.42. The van der Waals surface area contributed by atoms with Gasteiger partial charge in [0.05, 0.1) is 12.6 Å². The number of hydrogen-bond donors (Lipinski definition) is 2. The van der Waals surface area contributed by atoms with Crippen molar-refractivity contribution in [2.45, 2.75) is 13.0 Å². The molecule has 0 aromatic heterocycles. The van der Waals surface area contributed by atoms with E-state index in [9.17, 15) is 9.90 Å². The van der Waals surface area contributed by atoms with E-state index in [1.165, 1.54) is 6.92 Å². The molecule has 0 spiro atoms. The third-order valence-electron chi connectivity index (χ3n) is 2.98. The van der Waals surface area contributed by atoms with Crippen molar-refractivity contribution >= 4 is 5.91 Å². The smallest absolute Gasteiger partial charge is 0.217 e. The van der Waals surface area contributed by atoms with Crippen molar-refractivity contribution in [2.75, 3.05) is 6.61 Å². The van der Waals surface area contributed by atoms with Crippen LogP contribution in [0.5, 0.6) is 0 Å². The van der Waals surface area contributed by atoms with Crippen LogP contribution >= 0.6 is 0 Å². The Morgan fingerprint density at radius 2 is 1.63 bits per heavy atom. The van der Waals surface area contributed by atoms with Crippen molar-refractivity contribution in [2.24, 2.45) is 0 Å². The van der Waals surface area contributed by atoms with Crippen LogP contribution in [0.15, 0.2) is 54.6 Å². The Labute approximate surface area is 112 Å². The maximum atomic E-state index is 11.1. The summed E-state index contributed by atoms with van der Waals surface area (Å²) in [6.45, 7) is 1.34. The van der Waals surface area contributed by atoms with Crippen LogP contribution in [0.4, 0.5) is 0 Å². The van der Waals surface area contributed by atoms with Crippen LogP contribution in [-0.4, -0.2) is 17.6 Å². The lowest BCUT2D eigenvalue weighted by molar-refractivity contribution is -0.120. The Morgan fingerprint density at radius 1 is 1.05 bits per heavy atom. The molecule has 98 valence electrons. The lowest BCUT2D eigenvalue weighted by atomic mass is 10.0. The van der Waals surface area contributed by atoms with E-state index in [0.29, 0.717) is 0 Å². The molecule has 0 heterocycles. The molecule has 1 amide bonds. The molecule has 1 atom stereocenters. The predicted octanol–water partition coefficient (Wildman–Crippen LogP) is 2.52. The largest absolute Gasteiger partial charge is 0.394 e. The summed E-state index contributed by atoms with van der Waals surface area (Å²) in [5.74, 6) is -0.147. The summed E-state index contributed by atoms with van der Waals surface area (Å²) < 4.78 is 0. The van der Waals surface area contributed by atoms with Gasteiger partial charge in [0.2, 0.25) is 5.91 Å². The Bertz CT molecular complexity index is 534. The van der Waals surface area contributed by atoms with Crippen molar-refractivity contribution in [1.29, 1.82) is 0 Å². The number of aliphatic hydroxyl groups excluding tert-OH is 1. The second-order valence-electron chi connectivity index (χ2n) is 4.42. The first kappa shape index (κ1) is 13.3. The van der Waals surface area contributed by atoms with E-state index in [1.54, 1.807) is 0 Å². The van der Waals surface area contributed by atoms with E-state index in [4.69, 9.17) is 0 Å². The molecule has 0 saturated heterocycles. The van der Waals surface area contributed by atoms with Gasteiger partial charge in [-0.25, -0.2) is 0 Å². The molecule has 0 aliphatic carbocycles. The van der Waals surface area contributed by atoms with E-state index in [0.717, 1.165) is 16.7 Å². The fraction of sp³-hybridized carbons (Fsp3) is 0.188. The Balaban J connectivity index is 2.20. The SMILES string of the molecule is CC(=O)NC(CO)c1ccc(-c2ccccc2)cc1. The standard InChI is InChI=1S/C16H17NO2/c1-12(19)17-16(11-18)15-9-7-14(8-10-15)13-5-3-2-4-6-13/h2-10,16,18H,11H2,1H3,(H,17,19). The second kappa shape index (κ2) is 6.16. The van der Waals surface area contributed by atoms with Crippen molar-refractivity contribution in [3.05, 3.63) is 60.2 Å². The lowest BCUT2D eigenvalue weighted by Crippen LogP contribution is -2.28. The zero-order valence-electron chi connectivity index (χ0n) is 10.8. The summed E-state index contributed by atoms with van der Waals surface area (Å²) in [6, 6.07) is 17.6. The Morgan fingerprint density at radius 3 is 2.16 bits per heavy atom. The van der Waals surface area contributed by atoms with Gasteiger partial charge in [-0.3, -0.25) is 4.79 Å². The first-order valence-electron chi connectivity index (χ1n) is 6.24. The van der Waals surface area contributed by atoms with E-state index in [2.05, 4.69) is 5.32 Å². The van der Waals surface area contributed by atoms with Crippen molar-refractivity contribution < 1.29 is 9.90 Å². The van der Waals surface area contributed by atoms with E-state index in [-0.39, 0.29) is 18.6 Å². The summed E-state index contributed by atoms with van der Waals surface area (Å²) in [7, 11) is 0. The van der Waals surface area contributed by atoms with Gasteiger partial charge in [0.1, 0.15) is 0 Å². The van der Waals surface area contributed by atoms with Gasteiger partial charge < -0.3 is 10.4 Å². The molecule has 2 aromatic rings. The molecule has 3 heteroatoms. The van der Waals surface area contributed by atoms with Crippen molar-refractivity contribution in [3.8, 4) is 11.1 Å². The van der Waals surface area contributed by atoms with Crippen LogP contribution in [-0.2, 0) is 4.79 Å². The molecule has 0 aliphatic heterocycles. The third-order valence-corrected chi connectivity index (χ3v) is 2.98. The quantitative estimate of drug-likeness (QED) is 0.882. The van der Waals surface area contributed by atoms with Crippen molar-refractivity contribution in [1.82, 2.24) is 5.32 Å². The minimum atomic E-state index is -0.345. The molecule has 3 nitrogen and oxygen atoms in total. The summed E-state index contributed by atoms with van der Waals surface area (Å²) in [5.41, 5.74) is 3.16. The van der Waals surface area contributed by atoms with Crippen molar-refractivity contribution in [3.63, 3.8) is 0 Å². The van der Waals surface area contributed by atoms with Gasteiger partial charge in [0.25, 0.3) is 0 Å². The number of hydrogen-bond acceptors (Lipinski definition) is 2. The van der Waals surface area contributed by atoms with E-state index in [1.807, 2.05) is 54.6 Å². The van der Waals surface area contributed by atoms with Crippen LogP contribution in [0.1, 0.15) is 18.5 Å². The van der Waals surface area contributed by atoms with Gasteiger partial charge >= 0.3 is 0 Å². The zero-order valence-corrected chi connectivity index (χ0v) is 10.8. The Kier molecular flexibility index (Phi) is 4.31. The maximum absolute atomic E-state index is 11.1.